The fraction of sp³-hybridized carbons (Fsp3) is 0.250. The van der Waals surface area contributed by atoms with Crippen molar-refractivity contribution >= 4 is 35.0 Å². The number of hydrogen-bond donors (Lipinski definition) is 2. The molecule has 8 heteroatoms. The van der Waals surface area contributed by atoms with E-state index >= 15 is 0 Å². The Hall–Kier alpha value is -3.06. The lowest BCUT2D eigenvalue weighted by atomic mass is 10.2. The third-order valence-corrected chi connectivity index (χ3v) is 4.66. The van der Waals surface area contributed by atoms with Crippen LogP contribution in [0.5, 0.6) is 5.75 Å². The molecule has 2 aromatic carbocycles. The average Bonchev–Trinajstić information content (AvgIpc) is 3.11. The second kappa shape index (κ2) is 8.75. The Kier molecular flexibility index (Phi) is 6.16. The van der Waals surface area contributed by atoms with E-state index in [9.17, 15) is 14.4 Å². The number of halogens is 1. The van der Waals surface area contributed by atoms with Gasteiger partial charge in [0.15, 0.2) is 6.61 Å². The summed E-state index contributed by atoms with van der Waals surface area (Å²) in [6, 6.07) is 11.9. The molecule has 146 valence electrons. The lowest BCUT2D eigenvalue weighted by Gasteiger charge is -2.18. The van der Waals surface area contributed by atoms with E-state index in [0.717, 1.165) is 12.0 Å². The molecule has 0 spiro atoms. The first kappa shape index (κ1) is 19.7. The summed E-state index contributed by atoms with van der Waals surface area (Å²) >= 11 is 6.17. The number of anilines is 1. The molecule has 0 atom stereocenters. The Balaban J connectivity index is 1.56. The zero-order valence-corrected chi connectivity index (χ0v) is 16.1. The molecule has 3 amide bonds. The Morgan fingerprint density at radius 1 is 1.18 bits per heavy atom. The number of carbonyl (C=O) groups excluding carboxylic acids is 3. The van der Waals surface area contributed by atoms with Crippen molar-refractivity contribution in [3.8, 4) is 5.75 Å². The molecule has 0 bridgehead atoms. The van der Waals surface area contributed by atoms with E-state index in [1.165, 1.54) is 12.1 Å². The van der Waals surface area contributed by atoms with Gasteiger partial charge in [-0.1, -0.05) is 29.8 Å². The highest BCUT2D eigenvalue weighted by molar-refractivity contribution is 6.34. The molecule has 0 saturated carbocycles. The first-order valence-corrected chi connectivity index (χ1v) is 9.21. The van der Waals surface area contributed by atoms with Crippen molar-refractivity contribution in [2.45, 2.75) is 19.8 Å². The molecular weight excluding hydrogens is 382 g/mol. The molecule has 1 heterocycles. The van der Waals surface area contributed by atoms with Gasteiger partial charge in [-0.25, -0.2) is 0 Å². The van der Waals surface area contributed by atoms with Gasteiger partial charge in [0, 0.05) is 18.5 Å². The monoisotopic (exact) mass is 401 g/mol. The van der Waals surface area contributed by atoms with Gasteiger partial charge in [-0.05, 0) is 43.2 Å². The summed E-state index contributed by atoms with van der Waals surface area (Å²) in [5.41, 5.74) is 6.31. The van der Waals surface area contributed by atoms with Gasteiger partial charge in [-0.3, -0.25) is 25.2 Å². The molecule has 1 aliphatic rings. The van der Waals surface area contributed by atoms with Crippen LogP contribution in [0.3, 0.4) is 0 Å². The molecule has 2 N–H and O–H groups in total. The van der Waals surface area contributed by atoms with Crippen molar-refractivity contribution in [3.05, 3.63) is 58.6 Å². The number of ether oxygens (including phenoxy) is 1. The van der Waals surface area contributed by atoms with Crippen molar-refractivity contribution in [2.24, 2.45) is 0 Å². The molecule has 2 aromatic rings. The standard InChI is InChI=1S/C20H20ClN3O4/c1-13-5-2-3-6-17(13)28-12-18(25)22-23-20(27)14-8-9-15(21)16(11-14)24-10-4-7-19(24)26/h2-3,5-6,8-9,11H,4,7,10,12H2,1H3,(H,22,25)(H,23,27). The number of hydrogen-bond acceptors (Lipinski definition) is 4. The number of hydrazine groups is 1. The molecule has 0 aromatic heterocycles. The van der Waals surface area contributed by atoms with Gasteiger partial charge >= 0.3 is 0 Å². The molecule has 28 heavy (non-hydrogen) atoms. The Bertz CT molecular complexity index is 916. The summed E-state index contributed by atoms with van der Waals surface area (Å²) < 4.78 is 5.43. The van der Waals surface area contributed by atoms with Crippen molar-refractivity contribution in [3.63, 3.8) is 0 Å². The first-order valence-electron chi connectivity index (χ1n) is 8.83. The highest BCUT2D eigenvalue weighted by Crippen LogP contribution is 2.30. The normalized spacial score (nSPS) is 13.4. The maximum absolute atomic E-state index is 12.3. The summed E-state index contributed by atoms with van der Waals surface area (Å²) in [7, 11) is 0. The maximum Gasteiger partial charge on any atom is 0.276 e. The van der Waals surface area contributed by atoms with Crippen LogP contribution in [0.1, 0.15) is 28.8 Å². The topological polar surface area (TPSA) is 87.7 Å². The molecule has 1 aliphatic heterocycles. The van der Waals surface area contributed by atoms with Gasteiger partial charge < -0.3 is 9.64 Å². The fourth-order valence-corrected chi connectivity index (χ4v) is 3.08. The number of rotatable bonds is 5. The van der Waals surface area contributed by atoms with Gasteiger partial charge in [-0.15, -0.1) is 0 Å². The smallest absolute Gasteiger partial charge is 0.276 e. The second-order valence-corrected chi connectivity index (χ2v) is 6.78. The van der Waals surface area contributed by atoms with Gasteiger partial charge in [0.2, 0.25) is 5.91 Å². The molecule has 1 saturated heterocycles. The highest BCUT2D eigenvalue weighted by atomic mass is 35.5. The molecular formula is C20H20ClN3O4. The van der Waals surface area contributed by atoms with Gasteiger partial charge in [0.05, 0.1) is 10.7 Å². The van der Waals surface area contributed by atoms with E-state index in [1.807, 2.05) is 25.1 Å². The molecule has 1 fully saturated rings. The van der Waals surface area contributed by atoms with E-state index < -0.39 is 11.8 Å². The van der Waals surface area contributed by atoms with Gasteiger partial charge in [0.25, 0.3) is 11.8 Å². The molecule has 7 nitrogen and oxygen atoms in total. The molecule has 0 radical (unpaired) electrons. The van der Waals surface area contributed by atoms with E-state index in [-0.39, 0.29) is 18.1 Å². The third-order valence-electron chi connectivity index (χ3n) is 4.34. The number of para-hydroxylation sites is 1. The van der Waals surface area contributed by atoms with Crippen LogP contribution in [0.4, 0.5) is 5.69 Å². The van der Waals surface area contributed by atoms with Gasteiger partial charge in [0.1, 0.15) is 5.75 Å². The molecule has 0 aliphatic carbocycles. The summed E-state index contributed by atoms with van der Waals surface area (Å²) in [5.74, 6) is -0.447. The van der Waals surface area contributed by atoms with Crippen LogP contribution in [-0.4, -0.2) is 30.9 Å². The average molecular weight is 402 g/mol. The van der Waals surface area contributed by atoms with Crippen LogP contribution >= 0.6 is 11.6 Å². The molecule has 3 rings (SSSR count). The third kappa shape index (κ3) is 4.61. The van der Waals surface area contributed by atoms with Crippen LogP contribution in [0.25, 0.3) is 0 Å². The zero-order valence-electron chi connectivity index (χ0n) is 15.3. The second-order valence-electron chi connectivity index (χ2n) is 6.37. The van der Waals surface area contributed by atoms with Crippen LogP contribution in [0, 0.1) is 6.92 Å². The lowest BCUT2D eigenvalue weighted by molar-refractivity contribution is -0.123. The summed E-state index contributed by atoms with van der Waals surface area (Å²) in [5, 5.41) is 0.391. The summed E-state index contributed by atoms with van der Waals surface area (Å²) in [6.07, 6.45) is 1.21. The number of carbonyl (C=O) groups is 3. The Morgan fingerprint density at radius 3 is 2.68 bits per heavy atom. The summed E-state index contributed by atoms with van der Waals surface area (Å²) in [6.45, 7) is 2.20. The van der Waals surface area contributed by atoms with Crippen molar-refractivity contribution in [1.82, 2.24) is 10.9 Å². The predicted molar refractivity (Wildman–Crippen MR) is 105 cm³/mol. The quantitative estimate of drug-likeness (QED) is 0.754. The fourth-order valence-electron chi connectivity index (χ4n) is 2.86. The van der Waals surface area contributed by atoms with Crippen LogP contribution in [0.15, 0.2) is 42.5 Å². The van der Waals surface area contributed by atoms with Crippen LogP contribution < -0.4 is 20.5 Å². The minimum absolute atomic E-state index is 0.0267. The van der Waals surface area contributed by atoms with Crippen molar-refractivity contribution < 1.29 is 19.1 Å². The van der Waals surface area contributed by atoms with E-state index in [2.05, 4.69) is 10.9 Å². The van der Waals surface area contributed by atoms with Crippen LogP contribution in [0.2, 0.25) is 5.02 Å². The SMILES string of the molecule is Cc1ccccc1OCC(=O)NNC(=O)c1ccc(Cl)c(N2CCCC2=O)c1. The highest BCUT2D eigenvalue weighted by Gasteiger charge is 2.24. The van der Waals surface area contributed by atoms with Gasteiger partial charge in [-0.2, -0.15) is 0 Å². The minimum atomic E-state index is -0.520. The Morgan fingerprint density at radius 2 is 1.96 bits per heavy atom. The van der Waals surface area contributed by atoms with E-state index in [1.54, 1.807) is 17.0 Å². The largest absolute Gasteiger partial charge is 0.483 e. The van der Waals surface area contributed by atoms with E-state index in [4.69, 9.17) is 16.3 Å². The predicted octanol–water partition coefficient (Wildman–Crippen LogP) is 2.62. The first-order chi connectivity index (χ1) is 13.5. The number of nitrogens with one attached hydrogen (secondary N) is 2. The minimum Gasteiger partial charge on any atom is -0.483 e. The Labute approximate surface area is 167 Å². The summed E-state index contributed by atoms with van der Waals surface area (Å²) in [4.78, 5) is 37.7. The number of amides is 3. The number of benzene rings is 2. The van der Waals surface area contributed by atoms with Crippen LogP contribution in [-0.2, 0) is 9.59 Å². The number of nitrogens with zero attached hydrogens (tertiary/aromatic N) is 1. The lowest BCUT2D eigenvalue weighted by Crippen LogP contribution is -2.43. The molecule has 0 unspecified atom stereocenters. The van der Waals surface area contributed by atoms with Crippen molar-refractivity contribution in [1.29, 1.82) is 0 Å². The van der Waals surface area contributed by atoms with E-state index in [0.29, 0.717) is 29.4 Å². The zero-order chi connectivity index (χ0) is 20.1. The maximum atomic E-state index is 12.3. The number of aryl methyl sites for hydroxylation is 1. The van der Waals surface area contributed by atoms with Crippen molar-refractivity contribution in [2.75, 3.05) is 18.1 Å².